The van der Waals surface area contributed by atoms with Crippen molar-refractivity contribution in [3.63, 3.8) is 0 Å². The molecule has 0 unspecified atom stereocenters. The van der Waals surface area contributed by atoms with Gasteiger partial charge in [0, 0.05) is 50.6 Å². The van der Waals surface area contributed by atoms with Gasteiger partial charge in [-0.15, -0.1) is 5.10 Å². The lowest BCUT2D eigenvalue weighted by molar-refractivity contribution is 0.0935. The van der Waals surface area contributed by atoms with Crippen LogP contribution in [0.5, 0.6) is 0 Å². The molecule has 4 rings (SSSR count). The van der Waals surface area contributed by atoms with Crippen LogP contribution in [0.2, 0.25) is 0 Å². The van der Waals surface area contributed by atoms with Gasteiger partial charge in [0.25, 0.3) is 5.91 Å². The molecule has 3 heterocycles. The minimum Gasteiger partial charge on any atom is -0.347 e. The molecule has 0 radical (unpaired) electrons. The number of likely N-dealkylation sites (tertiary alicyclic amines) is 1. The highest BCUT2D eigenvalue weighted by molar-refractivity contribution is 5.97. The summed E-state index contributed by atoms with van der Waals surface area (Å²) in [5.74, 6) is 0.140. The van der Waals surface area contributed by atoms with Crippen LogP contribution in [0.25, 0.3) is 11.0 Å². The summed E-state index contributed by atoms with van der Waals surface area (Å²) in [6, 6.07) is 5.53. The van der Waals surface area contributed by atoms with Crippen LogP contribution in [0.4, 0.5) is 0 Å². The lowest BCUT2D eigenvalue weighted by Crippen LogP contribution is -2.40. The van der Waals surface area contributed by atoms with Crippen molar-refractivity contribution in [3.05, 3.63) is 42.0 Å². The van der Waals surface area contributed by atoms with E-state index >= 15 is 0 Å². The third kappa shape index (κ3) is 2.78. The van der Waals surface area contributed by atoms with Gasteiger partial charge in [-0.05, 0) is 25.2 Å². The zero-order valence-corrected chi connectivity index (χ0v) is 14.5. The zero-order chi connectivity index (χ0) is 17.6. The molecule has 1 amide bonds. The van der Waals surface area contributed by atoms with Crippen molar-refractivity contribution in [3.8, 4) is 0 Å². The van der Waals surface area contributed by atoms with Crippen molar-refractivity contribution in [2.45, 2.75) is 12.0 Å². The smallest absolute Gasteiger partial charge is 0.251 e. The lowest BCUT2D eigenvalue weighted by Gasteiger charge is -2.20. The van der Waals surface area contributed by atoms with Crippen LogP contribution in [0.15, 0.2) is 30.7 Å². The fourth-order valence-electron chi connectivity index (χ4n) is 3.60. The van der Waals surface area contributed by atoms with Gasteiger partial charge >= 0.3 is 0 Å². The number of carbonyl (C=O) groups is 1. The van der Waals surface area contributed by atoms with E-state index in [1.165, 1.54) is 0 Å². The van der Waals surface area contributed by atoms with Crippen LogP contribution in [0.1, 0.15) is 22.0 Å². The highest BCUT2D eigenvalue weighted by Gasteiger charge is 2.34. The first-order valence-electron chi connectivity index (χ1n) is 8.28. The number of nitrogens with zero attached hydrogens (tertiary/aromatic N) is 6. The maximum Gasteiger partial charge on any atom is 0.251 e. The fourth-order valence-corrected chi connectivity index (χ4v) is 3.60. The number of benzene rings is 1. The zero-order valence-electron chi connectivity index (χ0n) is 14.5. The van der Waals surface area contributed by atoms with Gasteiger partial charge in [0.15, 0.2) is 0 Å². The molecule has 0 bridgehead atoms. The number of fused-ring (bicyclic) bond motifs is 1. The van der Waals surface area contributed by atoms with Gasteiger partial charge in [-0.2, -0.15) is 0 Å². The van der Waals surface area contributed by atoms with E-state index in [4.69, 9.17) is 0 Å². The van der Waals surface area contributed by atoms with Gasteiger partial charge in [0.2, 0.25) is 0 Å². The Morgan fingerprint density at radius 2 is 2.08 bits per heavy atom. The third-order valence-corrected chi connectivity index (χ3v) is 4.93. The fraction of sp³-hybridized carbons (Fsp3) is 0.412. The Morgan fingerprint density at radius 3 is 2.84 bits per heavy atom. The van der Waals surface area contributed by atoms with Crippen molar-refractivity contribution >= 4 is 16.9 Å². The first kappa shape index (κ1) is 15.8. The van der Waals surface area contributed by atoms with Crippen LogP contribution in [-0.2, 0) is 14.1 Å². The Labute approximate surface area is 145 Å². The molecule has 0 saturated carbocycles. The lowest BCUT2D eigenvalue weighted by atomic mass is 9.99. The average Bonchev–Trinajstić information content (AvgIpc) is 3.27. The van der Waals surface area contributed by atoms with Crippen LogP contribution >= 0.6 is 0 Å². The summed E-state index contributed by atoms with van der Waals surface area (Å²) in [5, 5.41) is 11.3. The molecule has 2 atom stereocenters. The quantitative estimate of drug-likeness (QED) is 0.753. The Balaban J connectivity index is 1.56. The van der Waals surface area contributed by atoms with E-state index < -0.39 is 0 Å². The number of rotatable bonds is 3. The van der Waals surface area contributed by atoms with E-state index in [-0.39, 0.29) is 17.9 Å². The number of carbonyl (C=O) groups excluding carboxylic acids is 1. The first-order chi connectivity index (χ1) is 12.0. The predicted molar refractivity (Wildman–Crippen MR) is 93.2 cm³/mol. The largest absolute Gasteiger partial charge is 0.347 e. The minimum atomic E-state index is -0.0833. The molecule has 1 aliphatic rings. The summed E-state index contributed by atoms with van der Waals surface area (Å²) >= 11 is 0. The number of aromatic nitrogens is 5. The van der Waals surface area contributed by atoms with Gasteiger partial charge in [0.05, 0.1) is 17.9 Å². The summed E-state index contributed by atoms with van der Waals surface area (Å²) < 4.78 is 3.72. The molecule has 8 nitrogen and oxygen atoms in total. The standard InChI is InChI=1S/C17H21N7O/c1-22-8-12(16-7-18-10-23(16)2)14(9-22)19-17(25)11-4-5-15-13(6-11)20-21-24(15)3/h4-7,10,12,14H,8-9H2,1-3H3,(H,19,25)/t12-,14-/m1/s1. The van der Waals surface area contributed by atoms with Gasteiger partial charge in [-0.25, -0.2) is 9.67 Å². The molecule has 1 aromatic carbocycles. The van der Waals surface area contributed by atoms with Gasteiger partial charge < -0.3 is 14.8 Å². The van der Waals surface area contributed by atoms with Crippen LogP contribution < -0.4 is 5.32 Å². The Hall–Kier alpha value is -2.74. The molecule has 1 saturated heterocycles. The van der Waals surface area contributed by atoms with Crippen molar-refractivity contribution in [1.82, 2.24) is 34.8 Å². The topological polar surface area (TPSA) is 80.9 Å². The molecule has 1 aliphatic heterocycles. The Kier molecular flexibility index (Phi) is 3.76. The minimum absolute atomic E-state index is 0.0467. The highest BCUT2D eigenvalue weighted by atomic mass is 16.1. The van der Waals surface area contributed by atoms with Gasteiger partial charge in [0.1, 0.15) is 5.52 Å². The molecular formula is C17H21N7O. The Morgan fingerprint density at radius 1 is 1.24 bits per heavy atom. The normalized spacial score (nSPS) is 21.1. The summed E-state index contributed by atoms with van der Waals surface area (Å²) in [4.78, 5) is 19.2. The number of amides is 1. The van der Waals surface area contributed by atoms with Crippen LogP contribution in [-0.4, -0.2) is 61.5 Å². The van der Waals surface area contributed by atoms with E-state index in [0.29, 0.717) is 5.56 Å². The van der Waals surface area contributed by atoms with E-state index in [9.17, 15) is 4.79 Å². The number of aryl methyl sites for hydroxylation is 2. The molecule has 8 heteroatoms. The molecule has 1 N–H and O–H groups in total. The molecule has 1 fully saturated rings. The summed E-state index contributed by atoms with van der Waals surface area (Å²) in [6.45, 7) is 1.71. The van der Waals surface area contributed by atoms with Crippen molar-refractivity contribution in [2.24, 2.45) is 14.1 Å². The molecule has 3 aromatic rings. The molecular weight excluding hydrogens is 318 g/mol. The second kappa shape index (κ2) is 5.96. The summed E-state index contributed by atoms with van der Waals surface area (Å²) in [7, 11) is 5.89. The van der Waals surface area contributed by atoms with Crippen LogP contribution in [0.3, 0.4) is 0 Å². The van der Waals surface area contributed by atoms with E-state index in [1.807, 2.05) is 37.0 Å². The molecule has 0 spiro atoms. The Bertz CT molecular complexity index is 928. The number of likely N-dealkylation sites (N-methyl/N-ethyl adjacent to an activating group) is 1. The third-order valence-electron chi connectivity index (χ3n) is 4.93. The van der Waals surface area contributed by atoms with E-state index in [0.717, 1.165) is 29.8 Å². The number of hydrogen-bond donors (Lipinski definition) is 1. The van der Waals surface area contributed by atoms with Crippen molar-refractivity contribution < 1.29 is 4.79 Å². The maximum atomic E-state index is 12.8. The molecule has 25 heavy (non-hydrogen) atoms. The molecule has 130 valence electrons. The van der Waals surface area contributed by atoms with Crippen molar-refractivity contribution in [2.75, 3.05) is 20.1 Å². The van der Waals surface area contributed by atoms with Crippen LogP contribution in [0, 0.1) is 0 Å². The van der Waals surface area contributed by atoms with E-state index in [1.54, 1.807) is 17.1 Å². The van der Waals surface area contributed by atoms with Gasteiger partial charge in [-0.1, -0.05) is 5.21 Å². The maximum absolute atomic E-state index is 12.8. The number of imidazole rings is 1. The number of nitrogens with one attached hydrogen (secondary N) is 1. The second-order valence-electron chi connectivity index (χ2n) is 6.75. The summed E-state index contributed by atoms with van der Waals surface area (Å²) in [6.07, 6.45) is 3.68. The predicted octanol–water partition coefficient (Wildman–Crippen LogP) is 0.529. The number of hydrogen-bond acceptors (Lipinski definition) is 5. The first-order valence-corrected chi connectivity index (χ1v) is 8.28. The monoisotopic (exact) mass is 339 g/mol. The summed E-state index contributed by atoms with van der Waals surface area (Å²) in [5.41, 5.74) is 3.37. The van der Waals surface area contributed by atoms with E-state index in [2.05, 4.69) is 32.6 Å². The second-order valence-corrected chi connectivity index (χ2v) is 6.75. The van der Waals surface area contributed by atoms with Crippen molar-refractivity contribution in [1.29, 1.82) is 0 Å². The average molecular weight is 339 g/mol. The highest BCUT2D eigenvalue weighted by Crippen LogP contribution is 2.26. The molecule has 2 aromatic heterocycles. The van der Waals surface area contributed by atoms with Gasteiger partial charge in [-0.3, -0.25) is 4.79 Å². The molecule has 0 aliphatic carbocycles. The SMILES string of the molecule is CN1C[C@@H](NC(=O)c2ccc3c(c2)nnn3C)[C@H](c2cncn2C)C1.